The Bertz CT molecular complexity index is 710. The summed E-state index contributed by atoms with van der Waals surface area (Å²) < 4.78 is 5.21. The van der Waals surface area contributed by atoms with Crippen molar-refractivity contribution in [3.8, 4) is 11.3 Å². The second-order valence-corrected chi connectivity index (χ2v) is 5.97. The van der Waals surface area contributed by atoms with E-state index < -0.39 is 0 Å². The maximum absolute atomic E-state index is 6.29. The number of aromatic nitrogens is 2. The number of ether oxygens (including phenoxy) is 1. The molecule has 0 aliphatic rings. The third kappa shape index (κ3) is 3.54. The monoisotopic (exact) mass is 404 g/mol. The summed E-state index contributed by atoms with van der Waals surface area (Å²) in [7, 11) is 1.52. The highest BCUT2D eigenvalue weighted by Gasteiger charge is 2.20. The zero-order valence-electron chi connectivity index (χ0n) is 11.3. The van der Waals surface area contributed by atoms with Gasteiger partial charge < -0.3 is 4.74 Å². The van der Waals surface area contributed by atoms with Gasteiger partial charge in [0.25, 0.3) is 0 Å². The van der Waals surface area contributed by atoms with Gasteiger partial charge in [0.15, 0.2) is 5.05 Å². The Morgan fingerprint density at radius 3 is 2.62 bits per heavy atom. The molecule has 7 heteroatoms. The number of nitrogens with zero attached hydrogens (tertiary/aromatic N) is 2. The third-order valence-corrected chi connectivity index (χ3v) is 4.25. The summed E-state index contributed by atoms with van der Waals surface area (Å²) in [5.41, 5.74) is 2.81. The van der Waals surface area contributed by atoms with Crippen molar-refractivity contribution in [1.29, 1.82) is 0 Å². The molecule has 0 aliphatic carbocycles. The highest BCUT2D eigenvalue weighted by molar-refractivity contribution is 9.08. The molecule has 0 N–H and O–H groups in total. The lowest BCUT2D eigenvalue weighted by Gasteiger charge is -2.14. The molecule has 1 heterocycles. The number of hydrogen-bond donors (Lipinski definition) is 0. The zero-order chi connectivity index (χ0) is 15.6. The number of hydrogen-bond acceptors (Lipinski definition) is 4. The van der Waals surface area contributed by atoms with E-state index in [4.69, 9.17) is 40.2 Å². The van der Waals surface area contributed by atoms with Crippen molar-refractivity contribution in [2.24, 2.45) is 0 Å². The maximum atomic E-state index is 6.29. The van der Waals surface area contributed by atoms with Crippen LogP contribution in [0.15, 0.2) is 18.2 Å². The lowest BCUT2D eigenvalue weighted by atomic mass is 10.0. The quantitative estimate of drug-likeness (QED) is 0.533. The Hall–Kier alpha value is -0.750. The van der Waals surface area contributed by atoms with Crippen LogP contribution < -0.4 is 0 Å². The van der Waals surface area contributed by atoms with Crippen molar-refractivity contribution in [3.63, 3.8) is 0 Å². The van der Waals surface area contributed by atoms with Crippen LogP contribution in [-0.2, 0) is 10.1 Å². The van der Waals surface area contributed by atoms with Gasteiger partial charge in [0.2, 0.25) is 0 Å². The molecule has 0 radical (unpaired) electrons. The molecule has 0 bridgehead atoms. The Kier molecular flexibility index (Phi) is 5.54. The van der Waals surface area contributed by atoms with Crippen LogP contribution in [0.3, 0.4) is 0 Å². The Morgan fingerprint density at radius 2 is 2.05 bits per heavy atom. The number of benzene rings is 1. The molecule has 21 heavy (non-hydrogen) atoms. The fourth-order valence-electron chi connectivity index (χ4n) is 1.92. The topological polar surface area (TPSA) is 35.0 Å². The van der Waals surface area contributed by atoms with Gasteiger partial charge in [-0.15, -0.1) is 0 Å². The molecular weight excluding hydrogens is 395 g/mol. The lowest BCUT2D eigenvalue weighted by Crippen LogP contribution is -2.11. The standard InChI is InChI=1S/C14H11BrCl2N2OS/c1-7-18-11(6-15)12(14(21)20-2)13(19-7)9-4-3-8(16)5-10(9)17/h3-5H,6H2,1-2H3. The highest BCUT2D eigenvalue weighted by atomic mass is 79.9. The molecule has 0 spiro atoms. The van der Waals surface area contributed by atoms with Crippen molar-refractivity contribution < 1.29 is 4.74 Å². The van der Waals surface area contributed by atoms with Crippen LogP contribution in [-0.4, -0.2) is 22.1 Å². The molecule has 0 unspecified atom stereocenters. The average molecular weight is 406 g/mol. The fourth-order valence-corrected chi connectivity index (χ4v) is 3.04. The van der Waals surface area contributed by atoms with Crippen LogP contribution in [0.5, 0.6) is 0 Å². The molecule has 110 valence electrons. The van der Waals surface area contributed by atoms with Crippen LogP contribution in [0.1, 0.15) is 17.1 Å². The summed E-state index contributed by atoms with van der Waals surface area (Å²) in [5, 5.41) is 1.92. The van der Waals surface area contributed by atoms with Gasteiger partial charge in [-0.2, -0.15) is 0 Å². The molecular formula is C14H11BrCl2N2OS. The van der Waals surface area contributed by atoms with E-state index in [9.17, 15) is 0 Å². The molecule has 3 nitrogen and oxygen atoms in total. The second-order valence-electron chi connectivity index (χ2n) is 4.19. The van der Waals surface area contributed by atoms with Gasteiger partial charge in [-0.3, -0.25) is 0 Å². The van der Waals surface area contributed by atoms with Gasteiger partial charge in [-0.25, -0.2) is 9.97 Å². The van der Waals surface area contributed by atoms with Crippen LogP contribution in [0, 0.1) is 6.92 Å². The van der Waals surface area contributed by atoms with E-state index >= 15 is 0 Å². The van der Waals surface area contributed by atoms with Crippen LogP contribution in [0.4, 0.5) is 0 Å². The number of aryl methyl sites for hydroxylation is 1. The first-order valence-electron chi connectivity index (χ1n) is 5.95. The summed E-state index contributed by atoms with van der Waals surface area (Å²) >= 11 is 20.9. The van der Waals surface area contributed by atoms with E-state index in [2.05, 4.69) is 25.9 Å². The number of halogens is 3. The largest absolute Gasteiger partial charge is 0.486 e. The smallest absolute Gasteiger partial charge is 0.194 e. The first-order valence-corrected chi connectivity index (χ1v) is 8.23. The van der Waals surface area contributed by atoms with Crippen molar-refractivity contribution in [3.05, 3.63) is 45.3 Å². The van der Waals surface area contributed by atoms with Crippen LogP contribution >= 0.6 is 51.3 Å². The minimum absolute atomic E-state index is 0.325. The van der Waals surface area contributed by atoms with Gasteiger partial charge in [0.1, 0.15) is 5.82 Å². The fraction of sp³-hybridized carbons (Fsp3) is 0.214. The van der Waals surface area contributed by atoms with E-state index in [1.54, 1.807) is 12.1 Å². The number of methoxy groups -OCH3 is 1. The molecule has 0 saturated heterocycles. The summed E-state index contributed by atoms with van der Waals surface area (Å²) in [6.45, 7) is 1.82. The molecule has 0 fully saturated rings. The predicted molar refractivity (Wildman–Crippen MR) is 93.6 cm³/mol. The minimum Gasteiger partial charge on any atom is -0.486 e. The third-order valence-electron chi connectivity index (χ3n) is 2.80. The Labute approximate surface area is 146 Å². The molecule has 0 atom stereocenters. The average Bonchev–Trinajstić information content (AvgIpc) is 2.45. The normalized spacial score (nSPS) is 10.5. The Balaban J connectivity index is 2.77. The highest BCUT2D eigenvalue weighted by Crippen LogP contribution is 2.33. The lowest BCUT2D eigenvalue weighted by molar-refractivity contribution is 0.415. The van der Waals surface area contributed by atoms with Crippen molar-refractivity contribution in [1.82, 2.24) is 9.97 Å². The second kappa shape index (κ2) is 7.01. The van der Waals surface area contributed by atoms with Crippen molar-refractivity contribution >= 4 is 56.4 Å². The van der Waals surface area contributed by atoms with E-state index in [0.29, 0.717) is 37.5 Å². The van der Waals surface area contributed by atoms with Gasteiger partial charge in [0, 0.05) is 15.9 Å². The van der Waals surface area contributed by atoms with Crippen molar-refractivity contribution in [2.45, 2.75) is 12.3 Å². The Morgan fingerprint density at radius 1 is 1.33 bits per heavy atom. The van der Waals surface area contributed by atoms with Gasteiger partial charge >= 0.3 is 0 Å². The first-order chi connectivity index (χ1) is 9.97. The van der Waals surface area contributed by atoms with E-state index in [-0.39, 0.29) is 0 Å². The van der Waals surface area contributed by atoms with E-state index in [1.807, 2.05) is 13.0 Å². The zero-order valence-corrected chi connectivity index (χ0v) is 15.2. The van der Waals surface area contributed by atoms with Crippen LogP contribution in [0.25, 0.3) is 11.3 Å². The number of thiocarbonyl (C=S) groups is 1. The minimum atomic E-state index is 0.325. The summed E-state index contributed by atoms with van der Waals surface area (Å²) in [6, 6.07) is 5.24. The number of rotatable bonds is 3. The molecule has 1 aromatic carbocycles. The molecule has 0 amide bonds. The SMILES string of the molecule is COC(=S)c1c(CBr)nc(C)nc1-c1ccc(Cl)cc1Cl. The van der Waals surface area contributed by atoms with Gasteiger partial charge in [-0.1, -0.05) is 39.1 Å². The van der Waals surface area contributed by atoms with Gasteiger partial charge in [-0.05, 0) is 37.3 Å². The first kappa shape index (κ1) is 16.6. The molecule has 0 saturated carbocycles. The molecule has 2 rings (SSSR count). The molecule has 1 aromatic heterocycles. The van der Waals surface area contributed by atoms with Crippen LogP contribution in [0.2, 0.25) is 10.0 Å². The van der Waals surface area contributed by atoms with E-state index in [1.165, 1.54) is 7.11 Å². The predicted octanol–water partition coefficient (Wildman–Crippen LogP) is 4.98. The van der Waals surface area contributed by atoms with E-state index in [0.717, 1.165) is 11.3 Å². The summed E-state index contributed by atoms with van der Waals surface area (Å²) in [6.07, 6.45) is 0. The molecule has 2 aromatic rings. The summed E-state index contributed by atoms with van der Waals surface area (Å²) in [5.74, 6) is 0.633. The van der Waals surface area contributed by atoms with Gasteiger partial charge in [0.05, 0.1) is 29.1 Å². The molecule has 0 aliphatic heterocycles. The number of alkyl halides is 1. The van der Waals surface area contributed by atoms with Crippen molar-refractivity contribution in [2.75, 3.05) is 7.11 Å². The summed E-state index contributed by atoms with van der Waals surface area (Å²) in [4.78, 5) is 8.88. The maximum Gasteiger partial charge on any atom is 0.194 e.